The Hall–Kier alpha value is -1.51. The maximum Gasteiger partial charge on any atom is 0.113 e. The van der Waals surface area contributed by atoms with Crippen LogP contribution in [0.25, 0.3) is 11.0 Å². The van der Waals surface area contributed by atoms with Crippen LogP contribution in [-0.2, 0) is 0 Å². The number of rotatable bonds is 2. The molecule has 1 aliphatic carbocycles. The first-order chi connectivity index (χ1) is 7.66. The Kier molecular flexibility index (Phi) is 1.96. The Morgan fingerprint density at radius 3 is 2.75 bits per heavy atom. The molecular formula is C13H17N3. The summed E-state index contributed by atoms with van der Waals surface area (Å²) in [5, 5.41) is 0. The highest BCUT2D eigenvalue weighted by Crippen LogP contribution is 2.41. The standard InChI is InChI=1S/C13H17N3/c1-8(2)16-12-7-10(14)5-6-11(12)15-13(16)9-3-4-9/h5-9H,3-4,14H2,1-2H3. The van der Waals surface area contributed by atoms with Crippen LogP contribution >= 0.6 is 0 Å². The van der Waals surface area contributed by atoms with E-state index < -0.39 is 0 Å². The number of hydrogen-bond donors (Lipinski definition) is 1. The number of nitrogens with two attached hydrogens (primary N) is 1. The first kappa shape index (κ1) is 9.70. The Balaban J connectivity index is 2.29. The van der Waals surface area contributed by atoms with Crippen LogP contribution < -0.4 is 5.73 Å². The van der Waals surface area contributed by atoms with Crippen molar-refractivity contribution in [3.63, 3.8) is 0 Å². The summed E-state index contributed by atoms with van der Waals surface area (Å²) in [6.45, 7) is 4.41. The van der Waals surface area contributed by atoms with Crippen LogP contribution in [0.15, 0.2) is 18.2 Å². The molecule has 1 fully saturated rings. The number of nitrogens with zero attached hydrogens (tertiary/aromatic N) is 2. The van der Waals surface area contributed by atoms with Crippen LogP contribution in [0.5, 0.6) is 0 Å². The van der Waals surface area contributed by atoms with E-state index in [4.69, 9.17) is 10.7 Å². The van der Waals surface area contributed by atoms with Gasteiger partial charge in [-0.3, -0.25) is 0 Å². The highest BCUT2D eigenvalue weighted by atomic mass is 15.1. The van der Waals surface area contributed by atoms with Gasteiger partial charge in [0.05, 0.1) is 11.0 Å². The second-order valence-corrected chi connectivity index (χ2v) is 4.96. The van der Waals surface area contributed by atoms with Crippen molar-refractivity contribution in [2.24, 2.45) is 0 Å². The molecule has 1 aromatic heterocycles. The van der Waals surface area contributed by atoms with Crippen molar-refractivity contribution in [3.05, 3.63) is 24.0 Å². The number of aromatic nitrogens is 2. The van der Waals surface area contributed by atoms with E-state index in [0.29, 0.717) is 12.0 Å². The summed E-state index contributed by atoms with van der Waals surface area (Å²) in [5.41, 5.74) is 8.92. The predicted octanol–water partition coefficient (Wildman–Crippen LogP) is 3.08. The van der Waals surface area contributed by atoms with E-state index in [0.717, 1.165) is 11.2 Å². The molecule has 0 radical (unpaired) electrons. The molecule has 1 saturated carbocycles. The van der Waals surface area contributed by atoms with Gasteiger partial charge in [-0.15, -0.1) is 0 Å². The summed E-state index contributed by atoms with van der Waals surface area (Å²) >= 11 is 0. The molecule has 16 heavy (non-hydrogen) atoms. The normalized spacial score (nSPS) is 16.2. The summed E-state index contributed by atoms with van der Waals surface area (Å²) in [7, 11) is 0. The maximum atomic E-state index is 5.85. The zero-order valence-corrected chi connectivity index (χ0v) is 9.77. The lowest BCUT2D eigenvalue weighted by atomic mass is 10.2. The van der Waals surface area contributed by atoms with E-state index in [1.54, 1.807) is 0 Å². The van der Waals surface area contributed by atoms with Gasteiger partial charge in [0.1, 0.15) is 5.82 Å². The monoisotopic (exact) mass is 215 g/mol. The van der Waals surface area contributed by atoms with Gasteiger partial charge in [0.25, 0.3) is 0 Å². The number of anilines is 1. The molecule has 3 nitrogen and oxygen atoms in total. The lowest BCUT2D eigenvalue weighted by molar-refractivity contribution is 0.585. The van der Waals surface area contributed by atoms with Crippen LogP contribution in [0.1, 0.15) is 44.5 Å². The lowest BCUT2D eigenvalue weighted by Gasteiger charge is -2.12. The van der Waals surface area contributed by atoms with Gasteiger partial charge < -0.3 is 10.3 Å². The topological polar surface area (TPSA) is 43.8 Å². The number of benzene rings is 1. The molecule has 0 amide bonds. The van der Waals surface area contributed by atoms with Gasteiger partial charge in [0.15, 0.2) is 0 Å². The molecule has 3 rings (SSSR count). The van der Waals surface area contributed by atoms with E-state index in [2.05, 4.69) is 18.4 Å². The summed E-state index contributed by atoms with van der Waals surface area (Å²) in [6, 6.07) is 6.43. The Labute approximate surface area is 95.3 Å². The van der Waals surface area contributed by atoms with Gasteiger partial charge in [-0.1, -0.05) is 0 Å². The molecule has 0 atom stereocenters. The SMILES string of the molecule is CC(C)n1c(C2CC2)nc2ccc(N)cc21. The molecule has 1 heterocycles. The molecule has 84 valence electrons. The molecule has 0 saturated heterocycles. The fraction of sp³-hybridized carbons (Fsp3) is 0.462. The fourth-order valence-electron chi connectivity index (χ4n) is 2.30. The van der Waals surface area contributed by atoms with E-state index in [1.807, 2.05) is 18.2 Å². The Morgan fingerprint density at radius 2 is 2.12 bits per heavy atom. The fourth-order valence-corrected chi connectivity index (χ4v) is 2.30. The van der Waals surface area contributed by atoms with Crippen LogP contribution in [0, 0.1) is 0 Å². The highest BCUT2D eigenvalue weighted by molar-refractivity contribution is 5.80. The second-order valence-electron chi connectivity index (χ2n) is 4.96. The maximum absolute atomic E-state index is 5.85. The zero-order valence-electron chi connectivity index (χ0n) is 9.77. The first-order valence-electron chi connectivity index (χ1n) is 5.94. The number of nitrogen functional groups attached to an aromatic ring is 1. The predicted molar refractivity (Wildman–Crippen MR) is 66.5 cm³/mol. The Bertz CT molecular complexity index is 535. The van der Waals surface area contributed by atoms with Crippen LogP contribution in [0.3, 0.4) is 0 Å². The Morgan fingerprint density at radius 1 is 1.38 bits per heavy atom. The van der Waals surface area contributed by atoms with Crippen molar-refractivity contribution in [1.82, 2.24) is 9.55 Å². The van der Waals surface area contributed by atoms with Gasteiger partial charge in [-0.05, 0) is 44.9 Å². The lowest BCUT2D eigenvalue weighted by Crippen LogP contribution is -2.05. The van der Waals surface area contributed by atoms with Crippen molar-refractivity contribution >= 4 is 16.7 Å². The van der Waals surface area contributed by atoms with E-state index in [-0.39, 0.29) is 0 Å². The van der Waals surface area contributed by atoms with E-state index in [1.165, 1.54) is 24.2 Å². The molecule has 0 spiro atoms. The minimum Gasteiger partial charge on any atom is -0.399 e. The highest BCUT2D eigenvalue weighted by Gasteiger charge is 2.30. The van der Waals surface area contributed by atoms with Crippen LogP contribution in [-0.4, -0.2) is 9.55 Å². The van der Waals surface area contributed by atoms with Gasteiger partial charge in [-0.2, -0.15) is 0 Å². The van der Waals surface area contributed by atoms with Crippen molar-refractivity contribution in [2.75, 3.05) is 5.73 Å². The van der Waals surface area contributed by atoms with Gasteiger partial charge in [-0.25, -0.2) is 4.98 Å². The molecule has 1 aromatic carbocycles. The molecular weight excluding hydrogens is 198 g/mol. The zero-order chi connectivity index (χ0) is 11.3. The molecule has 0 bridgehead atoms. The number of hydrogen-bond acceptors (Lipinski definition) is 2. The quantitative estimate of drug-likeness (QED) is 0.782. The van der Waals surface area contributed by atoms with Crippen molar-refractivity contribution in [3.8, 4) is 0 Å². The smallest absolute Gasteiger partial charge is 0.113 e. The summed E-state index contributed by atoms with van der Waals surface area (Å²) in [5.74, 6) is 1.92. The van der Waals surface area contributed by atoms with Crippen molar-refractivity contribution in [2.45, 2.75) is 38.6 Å². The minimum atomic E-state index is 0.447. The number of imidazole rings is 1. The third-order valence-electron chi connectivity index (χ3n) is 3.20. The minimum absolute atomic E-state index is 0.447. The second kappa shape index (κ2) is 3.24. The van der Waals surface area contributed by atoms with Crippen molar-refractivity contribution < 1.29 is 0 Å². The molecule has 0 aliphatic heterocycles. The summed E-state index contributed by atoms with van der Waals surface area (Å²) in [4.78, 5) is 4.74. The third kappa shape index (κ3) is 1.39. The first-order valence-corrected chi connectivity index (χ1v) is 5.94. The molecule has 0 unspecified atom stereocenters. The van der Waals surface area contributed by atoms with Crippen LogP contribution in [0.2, 0.25) is 0 Å². The van der Waals surface area contributed by atoms with Crippen molar-refractivity contribution in [1.29, 1.82) is 0 Å². The average Bonchev–Trinajstić information content (AvgIpc) is 2.99. The summed E-state index contributed by atoms with van der Waals surface area (Å²) in [6.07, 6.45) is 2.57. The molecule has 1 aliphatic rings. The average molecular weight is 215 g/mol. The number of fused-ring (bicyclic) bond motifs is 1. The molecule has 2 N–H and O–H groups in total. The largest absolute Gasteiger partial charge is 0.399 e. The molecule has 3 heteroatoms. The summed E-state index contributed by atoms with van der Waals surface area (Å²) < 4.78 is 2.34. The van der Waals surface area contributed by atoms with E-state index in [9.17, 15) is 0 Å². The van der Waals surface area contributed by atoms with Gasteiger partial charge in [0, 0.05) is 17.6 Å². The molecule has 2 aromatic rings. The van der Waals surface area contributed by atoms with Gasteiger partial charge >= 0.3 is 0 Å². The third-order valence-corrected chi connectivity index (χ3v) is 3.20. The van der Waals surface area contributed by atoms with E-state index >= 15 is 0 Å². The van der Waals surface area contributed by atoms with Gasteiger partial charge in [0.2, 0.25) is 0 Å². The van der Waals surface area contributed by atoms with Crippen LogP contribution in [0.4, 0.5) is 5.69 Å².